The first-order chi connectivity index (χ1) is 15.5. The second-order valence-electron chi connectivity index (χ2n) is 9.36. The fraction of sp³-hybridized carbons (Fsp3) is 0.462. The van der Waals surface area contributed by atoms with Gasteiger partial charge in [-0.2, -0.15) is 0 Å². The number of aromatic nitrogens is 1. The maximum absolute atomic E-state index is 13.7. The number of thiazole rings is 1. The van der Waals surface area contributed by atoms with Crippen molar-refractivity contribution in [3.05, 3.63) is 62.5 Å². The molecule has 2 unspecified atom stereocenters. The van der Waals surface area contributed by atoms with E-state index in [9.17, 15) is 4.39 Å². The zero-order valence-electron chi connectivity index (χ0n) is 18.4. The molecule has 2 atom stereocenters. The SMILES string of the molecule is CC1CC1.CC1CC2=C(C#CC3CC3)C(c3ccc(F)cc3Cl)N=C(c3nccs3)N2C1. The Morgan fingerprint density at radius 2 is 1.94 bits per heavy atom. The minimum absolute atomic E-state index is 0.324. The molecule has 166 valence electrons. The van der Waals surface area contributed by atoms with Crippen LogP contribution < -0.4 is 0 Å². The van der Waals surface area contributed by atoms with Crippen molar-refractivity contribution in [1.29, 1.82) is 0 Å². The summed E-state index contributed by atoms with van der Waals surface area (Å²) in [6, 6.07) is 4.21. The highest BCUT2D eigenvalue weighted by Crippen LogP contribution is 2.43. The number of hydrogen-bond acceptors (Lipinski definition) is 4. The molecule has 2 aliphatic carbocycles. The molecule has 3 nitrogen and oxygen atoms in total. The van der Waals surface area contributed by atoms with E-state index in [1.807, 2.05) is 5.38 Å². The molecule has 1 aromatic heterocycles. The Bertz CT molecular complexity index is 1120. The molecule has 2 saturated carbocycles. The number of aliphatic imine (C=N–C) groups is 1. The van der Waals surface area contributed by atoms with Crippen LogP contribution in [0.2, 0.25) is 5.02 Å². The molecule has 1 aromatic carbocycles. The lowest BCUT2D eigenvalue weighted by atomic mass is 9.94. The van der Waals surface area contributed by atoms with E-state index in [0.717, 1.165) is 40.9 Å². The average Bonchev–Trinajstić information content (AvgIpc) is 3.65. The highest BCUT2D eigenvalue weighted by molar-refractivity contribution is 7.11. The Kier molecular flexibility index (Phi) is 6.09. The molecule has 4 aliphatic rings. The van der Waals surface area contributed by atoms with Gasteiger partial charge in [0.05, 0.1) is 5.57 Å². The van der Waals surface area contributed by atoms with Gasteiger partial charge in [-0.1, -0.05) is 56.2 Å². The molecule has 1 saturated heterocycles. The summed E-state index contributed by atoms with van der Waals surface area (Å²) in [5.41, 5.74) is 3.01. The van der Waals surface area contributed by atoms with Crippen molar-refractivity contribution in [3.8, 4) is 11.8 Å². The number of allylic oxidation sites excluding steroid dienone is 1. The van der Waals surface area contributed by atoms with E-state index in [1.54, 1.807) is 23.6 Å². The van der Waals surface area contributed by atoms with Gasteiger partial charge in [-0.25, -0.2) is 9.37 Å². The smallest absolute Gasteiger partial charge is 0.165 e. The summed E-state index contributed by atoms with van der Waals surface area (Å²) >= 11 is 8.02. The molecule has 3 fully saturated rings. The summed E-state index contributed by atoms with van der Waals surface area (Å²) in [6.07, 6.45) is 8.07. The molecule has 32 heavy (non-hydrogen) atoms. The molecule has 3 heterocycles. The highest BCUT2D eigenvalue weighted by atomic mass is 35.5. The van der Waals surface area contributed by atoms with Crippen molar-refractivity contribution < 1.29 is 4.39 Å². The lowest BCUT2D eigenvalue weighted by Crippen LogP contribution is -2.33. The van der Waals surface area contributed by atoms with Crippen molar-refractivity contribution in [2.75, 3.05) is 6.54 Å². The van der Waals surface area contributed by atoms with Gasteiger partial charge in [0.15, 0.2) is 10.8 Å². The number of rotatable bonds is 2. The molecular formula is C26H27ClFN3S. The van der Waals surface area contributed by atoms with Crippen LogP contribution in [0.1, 0.15) is 62.6 Å². The van der Waals surface area contributed by atoms with Gasteiger partial charge < -0.3 is 4.90 Å². The lowest BCUT2D eigenvalue weighted by Gasteiger charge is -2.31. The first-order valence-electron chi connectivity index (χ1n) is 11.4. The Morgan fingerprint density at radius 1 is 1.16 bits per heavy atom. The number of fused-ring (bicyclic) bond motifs is 1. The molecule has 0 spiro atoms. The van der Waals surface area contributed by atoms with Crippen LogP contribution in [0.3, 0.4) is 0 Å². The number of amidine groups is 1. The Labute approximate surface area is 198 Å². The molecule has 0 N–H and O–H groups in total. The van der Waals surface area contributed by atoms with Gasteiger partial charge in [-0.05, 0) is 43.2 Å². The molecule has 2 aromatic rings. The van der Waals surface area contributed by atoms with E-state index in [2.05, 4.69) is 35.6 Å². The summed E-state index contributed by atoms with van der Waals surface area (Å²) in [4.78, 5) is 11.8. The first-order valence-corrected chi connectivity index (χ1v) is 12.7. The third-order valence-corrected chi connectivity index (χ3v) is 7.28. The zero-order chi connectivity index (χ0) is 22.2. The van der Waals surface area contributed by atoms with Crippen LogP contribution in [0.4, 0.5) is 4.39 Å². The molecule has 0 radical (unpaired) electrons. The van der Waals surface area contributed by atoms with Gasteiger partial charge in [0.1, 0.15) is 11.9 Å². The number of benzene rings is 1. The van der Waals surface area contributed by atoms with E-state index in [1.165, 1.54) is 43.5 Å². The predicted octanol–water partition coefficient (Wildman–Crippen LogP) is 6.86. The van der Waals surface area contributed by atoms with Crippen molar-refractivity contribution in [1.82, 2.24) is 9.88 Å². The molecule has 6 rings (SSSR count). The normalized spacial score (nSPS) is 24.2. The summed E-state index contributed by atoms with van der Waals surface area (Å²) < 4.78 is 13.7. The van der Waals surface area contributed by atoms with E-state index >= 15 is 0 Å². The highest BCUT2D eigenvalue weighted by Gasteiger charge is 2.38. The molecule has 2 aliphatic heterocycles. The predicted molar refractivity (Wildman–Crippen MR) is 129 cm³/mol. The summed E-state index contributed by atoms with van der Waals surface area (Å²) in [5.74, 6) is 9.46. The molecule has 0 bridgehead atoms. The quantitative estimate of drug-likeness (QED) is 0.451. The van der Waals surface area contributed by atoms with E-state index in [0.29, 0.717) is 16.9 Å². The van der Waals surface area contributed by atoms with Crippen LogP contribution in [0.5, 0.6) is 0 Å². The Hall–Kier alpha value is -2.16. The van der Waals surface area contributed by atoms with Crippen LogP contribution in [0.25, 0.3) is 0 Å². The molecule has 0 amide bonds. The van der Waals surface area contributed by atoms with Crippen LogP contribution in [0, 0.1) is 35.4 Å². The Morgan fingerprint density at radius 3 is 2.56 bits per heavy atom. The third-order valence-electron chi connectivity index (χ3n) is 6.19. The van der Waals surface area contributed by atoms with Gasteiger partial charge in [0.2, 0.25) is 0 Å². The fourth-order valence-electron chi connectivity index (χ4n) is 3.98. The molecule has 6 heteroatoms. The second kappa shape index (κ2) is 9.00. The minimum Gasteiger partial charge on any atom is -0.327 e. The Balaban J connectivity index is 0.000000489. The summed E-state index contributed by atoms with van der Waals surface area (Å²) in [7, 11) is 0. The van der Waals surface area contributed by atoms with E-state index < -0.39 is 0 Å². The number of nitrogens with zero attached hydrogens (tertiary/aromatic N) is 3. The maximum atomic E-state index is 13.7. The van der Waals surface area contributed by atoms with Crippen LogP contribution in [-0.4, -0.2) is 22.3 Å². The van der Waals surface area contributed by atoms with Gasteiger partial charge in [-0.3, -0.25) is 4.99 Å². The zero-order valence-corrected chi connectivity index (χ0v) is 20.0. The standard InChI is InChI=1S/C22H19ClFN3S.C4H8/c1-13-10-19-17(6-4-14-2-3-14)20(16-7-5-15(24)11-18(16)23)26-21(27(19)12-13)22-25-8-9-28-22;1-4-2-3-4/h5,7-9,11,13-14,20H,2-3,10,12H2,1H3;4H,2-3H2,1H3. The first kappa shape index (κ1) is 21.7. The third kappa shape index (κ3) is 4.77. The van der Waals surface area contributed by atoms with Crippen molar-refractivity contribution in [2.45, 2.75) is 52.0 Å². The minimum atomic E-state index is -0.344. The van der Waals surface area contributed by atoms with Crippen LogP contribution >= 0.6 is 22.9 Å². The van der Waals surface area contributed by atoms with Gasteiger partial charge in [0, 0.05) is 40.3 Å². The average molecular weight is 468 g/mol. The summed E-state index contributed by atoms with van der Waals surface area (Å²) in [5, 5.41) is 3.24. The van der Waals surface area contributed by atoms with Gasteiger partial charge >= 0.3 is 0 Å². The van der Waals surface area contributed by atoms with E-state index in [-0.39, 0.29) is 11.9 Å². The topological polar surface area (TPSA) is 28.5 Å². The maximum Gasteiger partial charge on any atom is 0.165 e. The van der Waals surface area contributed by atoms with E-state index in [4.69, 9.17) is 16.6 Å². The second-order valence-corrected chi connectivity index (χ2v) is 10.7. The van der Waals surface area contributed by atoms with Crippen LogP contribution in [0.15, 0.2) is 46.0 Å². The van der Waals surface area contributed by atoms with Crippen molar-refractivity contribution in [2.24, 2.45) is 22.7 Å². The summed E-state index contributed by atoms with van der Waals surface area (Å²) in [6.45, 7) is 5.43. The van der Waals surface area contributed by atoms with Gasteiger partial charge in [-0.15, -0.1) is 11.3 Å². The van der Waals surface area contributed by atoms with Crippen molar-refractivity contribution >= 4 is 28.8 Å². The largest absolute Gasteiger partial charge is 0.327 e. The number of hydrogen-bond donors (Lipinski definition) is 0. The fourth-order valence-corrected chi connectivity index (χ4v) is 4.89. The van der Waals surface area contributed by atoms with Gasteiger partial charge in [0.25, 0.3) is 0 Å². The number of halogens is 2. The van der Waals surface area contributed by atoms with Crippen molar-refractivity contribution in [3.63, 3.8) is 0 Å². The lowest BCUT2D eigenvalue weighted by molar-refractivity contribution is 0.512. The monoisotopic (exact) mass is 467 g/mol. The molecular weight excluding hydrogens is 441 g/mol. The van der Waals surface area contributed by atoms with Crippen LogP contribution in [-0.2, 0) is 0 Å².